The smallest absolute Gasteiger partial charge is 0.166 e. The summed E-state index contributed by atoms with van der Waals surface area (Å²) in [6, 6.07) is 1.86. The molecule has 0 amide bonds. The third-order valence-electron chi connectivity index (χ3n) is 3.09. The molecule has 0 aliphatic carbocycles. The molecule has 0 saturated carbocycles. The van der Waals surface area contributed by atoms with Gasteiger partial charge >= 0.3 is 12.4 Å². The van der Waals surface area contributed by atoms with Gasteiger partial charge in [0.1, 0.15) is 0 Å². The number of halogens is 6. The molecule has 114 valence electrons. The van der Waals surface area contributed by atoms with E-state index in [0.29, 0.717) is 6.07 Å². The monoisotopic (exact) mass is 298 g/mol. The van der Waals surface area contributed by atoms with Crippen molar-refractivity contribution >= 4 is 0 Å². The fraction of sp³-hybridized carbons (Fsp3) is 0.571. The van der Waals surface area contributed by atoms with E-state index in [0.717, 1.165) is 18.9 Å². The van der Waals surface area contributed by atoms with Crippen LogP contribution in [0.3, 0.4) is 0 Å². The Morgan fingerprint density at radius 2 is 1.60 bits per heavy atom. The van der Waals surface area contributed by atoms with Crippen LogP contribution in [0.4, 0.5) is 26.3 Å². The summed E-state index contributed by atoms with van der Waals surface area (Å²) in [6.45, 7) is 3.70. The van der Waals surface area contributed by atoms with Crippen molar-refractivity contribution in [3.63, 3.8) is 0 Å². The normalized spacial score (nSPS) is 14.4. The maximum Gasteiger partial charge on any atom is 0.416 e. The van der Waals surface area contributed by atoms with Crippen molar-refractivity contribution in [1.82, 2.24) is 0 Å². The highest BCUT2D eigenvalue weighted by atomic mass is 19.4. The van der Waals surface area contributed by atoms with Gasteiger partial charge in [-0.3, -0.25) is 0 Å². The van der Waals surface area contributed by atoms with Gasteiger partial charge in [0.15, 0.2) is 0 Å². The third kappa shape index (κ3) is 4.42. The first kappa shape index (κ1) is 16.9. The molecule has 0 aromatic heterocycles. The average molecular weight is 298 g/mol. The summed E-state index contributed by atoms with van der Waals surface area (Å²) in [5, 5.41) is 0. The molecule has 6 heteroatoms. The van der Waals surface area contributed by atoms with Crippen molar-refractivity contribution in [1.29, 1.82) is 0 Å². The second-order valence-electron chi connectivity index (χ2n) is 4.97. The van der Waals surface area contributed by atoms with Gasteiger partial charge in [-0.2, -0.15) is 26.3 Å². The van der Waals surface area contributed by atoms with Gasteiger partial charge in [-0.1, -0.05) is 32.8 Å². The van der Waals surface area contributed by atoms with Crippen molar-refractivity contribution < 1.29 is 26.3 Å². The lowest BCUT2D eigenvalue weighted by molar-refractivity contribution is -0.143. The van der Waals surface area contributed by atoms with Gasteiger partial charge in [-0.05, 0) is 30.0 Å². The molecule has 1 aromatic carbocycles. The Hall–Kier alpha value is -1.20. The van der Waals surface area contributed by atoms with E-state index >= 15 is 0 Å². The van der Waals surface area contributed by atoms with E-state index < -0.39 is 23.5 Å². The Morgan fingerprint density at radius 3 is 2.05 bits per heavy atom. The van der Waals surface area contributed by atoms with Crippen LogP contribution in [-0.4, -0.2) is 0 Å². The summed E-state index contributed by atoms with van der Waals surface area (Å²) >= 11 is 0. The van der Waals surface area contributed by atoms with Crippen LogP contribution in [0.1, 0.15) is 43.4 Å². The molecular formula is C14H16F6. The molecule has 0 aliphatic rings. The summed E-state index contributed by atoms with van der Waals surface area (Å²) in [4.78, 5) is 0. The Kier molecular flexibility index (Phi) is 5.10. The highest BCUT2D eigenvalue weighted by Crippen LogP contribution is 2.38. The van der Waals surface area contributed by atoms with Gasteiger partial charge in [0.05, 0.1) is 11.1 Å². The molecule has 1 rings (SSSR count). The van der Waals surface area contributed by atoms with Gasteiger partial charge < -0.3 is 0 Å². The number of alkyl halides is 6. The highest BCUT2D eigenvalue weighted by molar-refractivity contribution is 5.35. The van der Waals surface area contributed by atoms with Crippen LogP contribution in [0.15, 0.2) is 18.2 Å². The van der Waals surface area contributed by atoms with Crippen molar-refractivity contribution in [2.24, 2.45) is 5.92 Å². The maximum absolute atomic E-state index is 12.9. The number of hydrogen-bond donors (Lipinski definition) is 0. The highest BCUT2D eigenvalue weighted by Gasteiger charge is 2.38. The van der Waals surface area contributed by atoms with Crippen molar-refractivity contribution in [3.05, 3.63) is 34.9 Å². The van der Waals surface area contributed by atoms with Gasteiger partial charge in [0.2, 0.25) is 0 Å². The van der Waals surface area contributed by atoms with Crippen LogP contribution in [0, 0.1) is 5.92 Å². The molecule has 1 aromatic rings. The molecule has 0 bridgehead atoms. The minimum absolute atomic E-state index is 0.00200. The van der Waals surface area contributed by atoms with Crippen molar-refractivity contribution in [3.8, 4) is 0 Å². The van der Waals surface area contributed by atoms with Gasteiger partial charge in [0, 0.05) is 0 Å². The molecule has 0 heterocycles. The second kappa shape index (κ2) is 6.06. The number of hydrogen-bond acceptors (Lipinski definition) is 0. The molecule has 0 aliphatic heterocycles. The first-order valence-corrected chi connectivity index (χ1v) is 6.33. The van der Waals surface area contributed by atoms with E-state index in [-0.39, 0.29) is 24.0 Å². The van der Waals surface area contributed by atoms with E-state index in [2.05, 4.69) is 0 Å². The molecule has 0 spiro atoms. The van der Waals surface area contributed by atoms with Crippen LogP contribution in [-0.2, 0) is 18.8 Å². The predicted octanol–water partition coefficient (Wildman–Crippen LogP) is 5.70. The lowest BCUT2D eigenvalue weighted by Gasteiger charge is -2.18. The van der Waals surface area contributed by atoms with Gasteiger partial charge in [-0.25, -0.2) is 0 Å². The third-order valence-corrected chi connectivity index (χ3v) is 3.09. The minimum Gasteiger partial charge on any atom is -0.166 e. The Bertz CT molecular complexity index is 444. The molecule has 0 radical (unpaired) electrons. The summed E-state index contributed by atoms with van der Waals surface area (Å²) in [6.07, 6.45) is -7.86. The topological polar surface area (TPSA) is 0 Å². The molecule has 0 N–H and O–H groups in total. The first-order chi connectivity index (χ1) is 9.05. The van der Waals surface area contributed by atoms with Gasteiger partial charge in [-0.15, -0.1) is 0 Å². The lowest BCUT2D eigenvalue weighted by Crippen LogP contribution is -2.15. The fourth-order valence-electron chi connectivity index (χ4n) is 2.16. The summed E-state index contributed by atoms with van der Waals surface area (Å²) in [7, 11) is 0. The fourth-order valence-corrected chi connectivity index (χ4v) is 2.16. The average Bonchev–Trinajstić information content (AvgIpc) is 2.26. The van der Waals surface area contributed by atoms with Gasteiger partial charge in [0.25, 0.3) is 0 Å². The molecule has 0 saturated heterocycles. The lowest BCUT2D eigenvalue weighted by atomic mass is 9.92. The maximum atomic E-state index is 12.9. The summed E-state index contributed by atoms with van der Waals surface area (Å²) in [5.41, 5.74) is -2.53. The first-order valence-electron chi connectivity index (χ1n) is 6.33. The number of benzene rings is 1. The van der Waals surface area contributed by atoms with Crippen LogP contribution in [0.25, 0.3) is 0 Å². The Balaban J connectivity index is 3.18. The van der Waals surface area contributed by atoms with Crippen LogP contribution in [0.5, 0.6) is 0 Å². The van der Waals surface area contributed by atoms with E-state index in [4.69, 9.17) is 0 Å². The zero-order valence-electron chi connectivity index (χ0n) is 11.2. The molecular weight excluding hydrogens is 282 g/mol. The van der Waals surface area contributed by atoms with E-state index in [1.54, 1.807) is 6.92 Å². The Morgan fingerprint density at radius 1 is 1.00 bits per heavy atom. The summed E-state index contributed by atoms with van der Waals surface area (Å²) in [5.74, 6) is -0.00200. The molecule has 1 unspecified atom stereocenters. The summed E-state index contributed by atoms with van der Waals surface area (Å²) < 4.78 is 76.2. The minimum atomic E-state index is -4.78. The SMILES string of the molecule is CCCC(C)Cc1ccc(C(F)(F)F)cc1C(F)(F)F. The van der Waals surface area contributed by atoms with Crippen LogP contribution >= 0.6 is 0 Å². The van der Waals surface area contributed by atoms with Crippen molar-refractivity contribution in [2.75, 3.05) is 0 Å². The van der Waals surface area contributed by atoms with E-state index in [1.165, 1.54) is 0 Å². The largest absolute Gasteiger partial charge is 0.416 e. The zero-order chi connectivity index (χ0) is 15.6. The second-order valence-corrected chi connectivity index (χ2v) is 4.97. The van der Waals surface area contributed by atoms with E-state index in [9.17, 15) is 26.3 Å². The van der Waals surface area contributed by atoms with E-state index in [1.807, 2.05) is 6.92 Å². The van der Waals surface area contributed by atoms with Crippen LogP contribution in [0.2, 0.25) is 0 Å². The zero-order valence-corrected chi connectivity index (χ0v) is 11.2. The van der Waals surface area contributed by atoms with Crippen LogP contribution < -0.4 is 0 Å². The standard InChI is InChI=1S/C14H16F6/c1-3-4-9(2)7-10-5-6-11(13(15,16)17)8-12(10)14(18,19)20/h5-6,8-9H,3-4,7H2,1-2H3. The predicted molar refractivity (Wildman–Crippen MR) is 64.2 cm³/mol. The molecule has 0 nitrogen and oxygen atoms in total. The molecule has 1 atom stereocenters. The molecule has 0 fully saturated rings. The Labute approximate surface area is 113 Å². The van der Waals surface area contributed by atoms with Crippen molar-refractivity contribution in [2.45, 2.75) is 45.5 Å². The quantitative estimate of drug-likeness (QED) is 0.625. The number of rotatable bonds is 4. The molecule has 20 heavy (non-hydrogen) atoms.